The zero-order valence-corrected chi connectivity index (χ0v) is 14.1. The number of aryl methyl sites for hydroxylation is 1. The number of nitrogens with two attached hydrogens (primary N) is 1. The average Bonchev–Trinajstić information content (AvgIpc) is 2.36. The van der Waals surface area contributed by atoms with Crippen molar-refractivity contribution in [1.29, 1.82) is 0 Å². The Bertz CT molecular complexity index is 522. The van der Waals surface area contributed by atoms with Gasteiger partial charge in [0.15, 0.2) is 0 Å². The maximum Gasteiger partial charge on any atom is 0.411 e. The van der Waals surface area contributed by atoms with Crippen molar-refractivity contribution in [2.24, 2.45) is 11.7 Å². The lowest BCUT2D eigenvalue weighted by Crippen LogP contribution is -2.52. The van der Waals surface area contributed by atoms with Crippen LogP contribution in [0.5, 0.6) is 0 Å². The summed E-state index contributed by atoms with van der Waals surface area (Å²) >= 11 is 0. The fraction of sp³-hybridized carbons (Fsp3) is 0.611. The SMILES string of the molecule is Cc1cccc(CC2CCN(C(=O)OC(C)(C)C)C(N)C2)c1. The number of ether oxygens (including phenoxy) is 1. The van der Waals surface area contributed by atoms with Crippen molar-refractivity contribution in [1.82, 2.24) is 4.90 Å². The molecule has 1 aliphatic rings. The van der Waals surface area contributed by atoms with Gasteiger partial charge in [-0.15, -0.1) is 0 Å². The van der Waals surface area contributed by atoms with Crippen molar-refractivity contribution < 1.29 is 9.53 Å². The van der Waals surface area contributed by atoms with Crippen molar-refractivity contribution in [3.05, 3.63) is 35.4 Å². The molecular formula is C18H28N2O2. The third-order valence-corrected chi connectivity index (χ3v) is 3.99. The number of rotatable bonds is 2. The van der Waals surface area contributed by atoms with E-state index in [0.717, 1.165) is 19.3 Å². The van der Waals surface area contributed by atoms with Gasteiger partial charge in [-0.05, 0) is 58.4 Å². The number of likely N-dealkylation sites (tertiary alicyclic amines) is 1. The number of piperidine rings is 1. The predicted molar refractivity (Wildman–Crippen MR) is 88.5 cm³/mol. The van der Waals surface area contributed by atoms with E-state index in [1.54, 1.807) is 4.90 Å². The zero-order chi connectivity index (χ0) is 16.3. The van der Waals surface area contributed by atoms with Crippen LogP contribution < -0.4 is 5.73 Å². The van der Waals surface area contributed by atoms with E-state index in [0.29, 0.717) is 12.5 Å². The molecule has 1 amide bonds. The quantitative estimate of drug-likeness (QED) is 0.910. The lowest BCUT2D eigenvalue weighted by Gasteiger charge is -2.38. The molecule has 1 aromatic rings. The van der Waals surface area contributed by atoms with Crippen LogP contribution in [-0.4, -0.2) is 29.3 Å². The molecule has 2 atom stereocenters. The van der Waals surface area contributed by atoms with Gasteiger partial charge in [-0.1, -0.05) is 29.8 Å². The molecule has 4 heteroatoms. The van der Waals surface area contributed by atoms with E-state index in [-0.39, 0.29) is 12.3 Å². The zero-order valence-electron chi connectivity index (χ0n) is 14.1. The molecule has 1 heterocycles. The van der Waals surface area contributed by atoms with Gasteiger partial charge in [-0.2, -0.15) is 0 Å². The van der Waals surface area contributed by atoms with Crippen molar-refractivity contribution in [3.63, 3.8) is 0 Å². The van der Waals surface area contributed by atoms with Gasteiger partial charge >= 0.3 is 6.09 Å². The summed E-state index contributed by atoms with van der Waals surface area (Å²) in [6.07, 6.45) is 2.28. The molecule has 1 aromatic carbocycles. The molecule has 22 heavy (non-hydrogen) atoms. The number of nitrogens with zero attached hydrogens (tertiary/aromatic N) is 1. The van der Waals surface area contributed by atoms with Crippen LogP contribution in [0.1, 0.15) is 44.7 Å². The monoisotopic (exact) mass is 304 g/mol. The molecule has 0 saturated carbocycles. The highest BCUT2D eigenvalue weighted by Crippen LogP contribution is 2.25. The van der Waals surface area contributed by atoms with Gasteiger partial charge in [-0.3, -0.25) is 4.90 Å². The molecular weight excluding hydrogens is 276 g/mol. The van der Waals surface area contributed by atoms with Gasteiger partial charge in [0.1, 0.15) is 5.60 Å². The van der Waals surface area contributed by atoms with E-state index in [2.05, 4.69) is 31.2 Å². The summed E-state index contributed by atoms with van der Waals surface area (Å²) in [7, 11) is 0. The van der Waals surface area contributed by atoms with Crippen molar-refractivity contribution in [2.75, 3.05) is 6.54 Å². The van der Waals surface area contributed by atoms with Crippen molar-refractivity contribution >= 4 is 6.09 Å². The van der Waals surface area contributed by atoms with Crippen LogP contribution >= 0.6 is 0 Å². The van der Waals surface area contributed by atoms with Crippen LogP contribution in [0.3, 0.4) is 0 Å². The molecule has 2 N–H and O–H groups in total. The summed E-state index contributed by atoms with van der Waals surface area (Å²) in [4.78, 5) is 13.8. The lowest BCUT2D eigenvalue weighted by atomic mass is 9.88. The summed E-state index contributed by atoms with van der Waals surface area (Å²) in [5.41, 5.74) is 8.36. The Morgan fingerprint density at radius 1 is 1.41 bits per heavy atom. The first-order valence-corrected chi connectivity index (χ1v) is 8.05. The smallest absolute Gasteiger partial charge is 0.411 e. The Labute approximate surface area is 133 Å². The Morgan fingerprint density at radius 2 is 2.14 bits per heavy atom. The molecule has 1 saturated heterocycles. The highest BCUT2D eigenvalue weighted by atomic mass is 16.6. The van der Waals surface area contributed by atoms with E-state index in [1.165, 1.54) is 11.1 Å². The van der Waals surface area contributed by atoms with E-state index in [4.69, 9.17) is 10.5 Å². The molecule has 4 nitrogen and oxygen atoms in total. The normalized spacial score (nSPS) is 22.5. The van der Waals surface area contributed by atoms with Crippen molar-refractivity contribution in [3.8, 4) is 0 Å². The van der Waals surface area contributed by atoms with Gasteiger partial charge in [0.25, 0.3) is 0 Å². The standard InChI is InChI=1S/C18H28N2O2/c1-13-6-5-7-14(10-13)11-15-8-9-20(16(19)12-15)17(21)22-18(2,3)4/h5-7,10,15-16H,8-9,11-12,19H2,1-4H3. The van der Waals surface area contributed by atoms with E-state index < -0.39 is 5.60 Å². The molecule has 1 aliphatic heterocycles. The number of carbonyl (C=O) groups is 1. The van der Waals surface area contributed by atoms with Crippen LogP contribution in [-0.2, 0) is 11.2 Å². The van der Waals surface area contributed by atoms with Crippen LogP contribution in [0.4, 0.5) is 4.79 Å². The molecule has 2 unspecified atom stereocenters. The Kier molecular flexibility index (Phi) is 5.12. The highest BCUT2D eigenvalue weighted by Gasteiger charge is 2.32. The second kappa shape index (κ2) is 6.69. The van der Waals surface area contributed by atoms with Gasteiger partial charge in [-0.25, -0.2) is 4.79 Å². The number of hydrogen-bond acceptors (Lipinski definition) is 3. The van der Waals surface area contributed by atoms with E-state index in [9.17, 15) is 4.79 Å². The summed E-state index contributed by atoms with van der Waals surface area (Å²) in [5.74, 6) is 0.524. The minimum absolute atomic E-state index is 0.251. The first kappa shape index (κ1) is 16.8. The maximum absolute atomic E-state index is 12.2. The van der Waals surface area contributed by atoms with Crippen LogP contribution in [0.2, 0.25) is 0 Å². The van der Waals surface area contributed by atoms with Gasteiger partial charge < -0.3 is 10.5 Å². The number of carbonyl (C=O) groups excluding carboxylic acids is 1. The second-order valence-corrected chi connectivity index (χ2v) is 7.32. The van der Waals surface area contributed by atoms with Gasteiger partial charge in [0.05, 0.1) is 6.17 Å². The minimum atomic E-state index is -0.477. The Balaban J connectivity index is 1.91. The molecule has 0 spiro atoms. The fourth-order valence-corrected chi connectivity index (χ4v) is 2.98. The third-order valence-electron chi connectivity index (χ3n) is 3.99. The average molecular weight is 304 g/mol. The Morgan fingerprint density at radius 3 is 2.73 bits per heavy atom. The summed E-state index contributed by atoms with van der Waals surface area (Å²) in [5, 5.41) is 0. The van der Waals surface area contributed by atoms with Crippen LogP contribution in [0, 0.1) is 12.8 Å². The number of amides is 1. The molecule has 122 valence electrons. The largest absolute Gasteiger partial charge is 0.444 e. The van der Waals surface area contributed by atoms with Crippen molar-refractivity contribution in [2.45, 2.75) is 58.7 Å². The molecule has 2 rings (SSSR count). The maximum atomic E-state index is 12.2. The summed E-state index contributed by atoms with van der Waals surface area (Å²) < 4.78 is 5.42. The second-order valence-electron chi connectivity index (χ2n) is 7.32. The van der Waals surface area contributed by atoms with Crippen LogP contribution in [0.25, 0.3) is 0 Å². The molecule has 0 bridgehead atoms. The topological polar surface area (TPSA) is 55.6 Å². The van der Waals surface area contributed by atoms with E-state index >= 15 is 0 Å². The first-order valence-electron chi connectivity index (χ1n) is 8.05. The van der Waals surface area contributed by atoms with E-state index in [1.807, 2.05) is 20.8 Å². The summed E-state index contributed by atoms with van der Waals surface area (Å²) in [6, 6.07) is 8.60. The number of benzene rings is 1. The molecule has 0 aliphatic carbocycles. The third kappa shape index (κ3) is 4.73. The molecule has 0 radical (unpaired) electrons. The summed E-state index contributed by atoms with van der Waals surface area (Å²) in [6.45, 7) is 8.41. The molecule has 0 aromatic heterocycles. The highest BCUT2D eigenvalue weighted by molar-refractivity contribution is 5.68. The minimum Gasteiger partial charge on any atom is -0.444 e. The number of hydrogen-bond donors (Lipinski definition) is 1. The fourth-order valence-electron chi connectivity index (χ4n) is 2.98. The lowest BCUT2D eigenvalue weighted by molar-refractivity contribution is 0.00556. The Hall–Kier alpha value is -1.55. The van der Waals surface area contributed by atoms with Gasteiger partial charge in [0, 0.05) is 6.54 Å². The predicted octanol–water partition coefficient (Wildman–Crippen LogP) is 3.47. The van der Waals surface area contributed by atoms with Gasteiger partial charge in [0.2, 0.25) is 0 Å². The van der Waals surface area contributed by atoms with Crippen LogP contribution in [0.15, 0.2) is 24.3 Å². The molecule has 1 fully saturated rings. The first-order chi connectivity index (χ1) is 10.2.